The molecule has 0 bridgehead atoms. The first-order valence-corrected chi connectivity index (χ1v) is 6.67. The summed E-state index contributed by atoms with van der Waals surface area (Å²) in [5, 5.41) is 18.3. The lowest BCUT2D eigenvalue weighted by molar-refractivity contribution is 0.218. The van der Waals surface area contributed by atoms with E-state index in [9.17, 15) is 5.26 Å². The number of aryl methyl sites for hydroxylation is 1. The van der Waals surface area contributed by atoms with Gasteiger partial charge in [0.25, 0.3) is 0 Å². The van der Waals surface area contributed by atoms with Gasteiger partial charge >= 0.3 is 0 Å². The molecule has 92 valence electrons. The van der Waals surface area contributed by atoms with E-state index in [1.54, 1.807) is 7.11 Å². The summed E-state index contributed by atoms with van der Waals surface area (Å²) in [7, 11) is 1.66. The van der Waals surface area contributed by atoms with Gasteiger partial charge in [0.2, 0.25) is 0 Å². The summed E-state index contributed by atoms with van der Waals surface area (Å²) in [5.41, 5.74) is 2.64. The molecule has 0 aliphatic carbocycles. The fourth-order valence-electron chi connectivity index (χ4n) is 1.59. The van der Waals surface area contributed by atoms with Crippen molar-refractivity contribution in [2.24, 2.45) is 0 Å². The maximum atomic E-state index is 9.24. The molecular formula is C12H17N3OS. The minimum atomic E-state index is 0.647. The molecule has 5 heteroatoms. The van der Waals surface area contributed by atoms with E-state index >= 15 is 0 Å². The molecule has 0 unspecified atom stereocenters. The van der Waals surface area contributed by atoms with Crippen molar-refractivity contribution in [3.05, 3.63) is 16.8 Å². The van der Waals surface area contributed by atoms with Gasteiger partial charge in [-0.15, -0.1) is 16.9 Å². The van der Waals surface area contributed by atoms with Gasteiger partial charge in [-0.1, -0.05) is 13.8 Å². The van der Waals surface area contributed by atoms with E-state index in [-0.39, 0.29) is 0 Å². The van der Waals surface area contributed by atoms with Crippen molar-refractivity contribution in [3.8, 4) is 6.07 Å². The van der Waals surface area contributed by atoms with Gasteiger partial charge < -0.3 is 4.74 Å². The topological polar surface area (TPSA) is 58.8 Å². The van der Waals surface area contributed by atoms with Crippen LogP contribution in [-0.4, -0.2) is 29.7 Å². The third-order valence-corrected chi connectivity index (χ3v) is 3.38. The fourth-order valence-corrected chi connectivity index (χ4v) is 2.45. The molecule has 1 aromatic heterocycles. The summed E-state index contributed by atoms with van der Waals surface area (Å²) >= 11 is 1.52. The van der Waals surface area contributed by atoms with Crippen LogP contribution in [0.25, 0.3) is 0 Å². The van der Waals surface area contributed by atoms with Crippen LogP contribution in [-0.2, 0) is 17.6 Å². The predicted molar refractivity (Wildman–Crippen MR) is 68.1 cm³/mol. The predicted octanol–water partition coefficient (Wildman–Crippen LogP) is 2.21. The number of thioether (sulfide) groups is 1. The zero-order chi connectivity index (χ0) is 12.7. The Balaban J connectivity index is 3.02. The molecule has 17 heavy (non-hydrogen) atoms. The minimum Gasteiger partial charge on any atom is -0.384 e. The van der Waals surface area contributed by atoms with Crippen LogP contribution < -0.4 is 0 Å². The number of ether oxygens (including phenoxy) is 1. The van der Waals surface area contributed by atoms with Gasteiger partial charge in [0.15, 0.2) is 0 Å². The van der Waals surface area contributed by atoms with Gasteiger partial charge in [0, 0.05) is 12.9 Å². The Labute approximate surface area is 106 Å². The van der Waals surface area contributed by atoms with Gasteiger partial charge in [0.1, 0.15) is 11.1 Å². The summed E-state index contributed by atoms with van der Waals surface area (Å²) < 4.78 is 4.99. The molecule has 0 aliphatic rings. The second kappa shape index (κ2) is 7.25. The van der Waals surface area contributed by atoms with Crippen molar-refractivity contribution in [1.29, 1.82) is 5.26 Å². The van der Waals surface area contributed by atoms with Crippen molar-refractivity contribution in [2.75, 3.05) is 19.5 Å². The highest BCUT2D eigenvalue weighted by Crippen LogP contribution is 2.24. The molecule has 1 heterocycles. The van der Waals surface area contributed by atoms with Crippen molar-refractivity contribution < 1.29 is 4.74 Å². The van der Waals surface area contributed by atoms with Crippen LogP contribution >= 0.6 is 11.8 Å². The van der Waals surface area contributed by atoms with Gasteiger partial charge in [-0.3, -0.25) is 0 Å². The standard InChI is InChI=1S/C12H17N3OS/c1-4-9-10(8-13)12(17-7-6-16-3)15-14-11(9)5-2/h4-7H2,1-3H3. The molecule has 4 nitrogen and oxygen atoms in total. The van der Waals surface area contributed by atoms with Crippen molar-refractivity contribution in [2.45, 2.75) is 31.7 Å². The van der Waals surface area contributed by atoms with Crippen LogP contribution in [0.4, 0.5) is 0 Å². The Kier molecular flexibility index (Phi) is 5.95. The number of aromatic nitrogens is 2. The van der Waals surface area contributed by atoms with Crippen LogP contribution in [0.2, 0.25) is 0 Å². The number of hydrogen-bond donors (Lipinski definition) is 0. The molecule has 0 aliphatic heterocycles. The molecule has 0 amide bonds. The first-order valence-electron chi connectivity index (χ1n) is 5.68. The first kappa shape index (κ1) is 13.9. The van der Waals surface area contributed by atoms with Crippen LogP contribution in [0.15, 0.2) is 5.03 Å². The second-order valence-electron chi connectivity index (χ2n) is 3.47. The van der Waals surface area contributed by atoms with Crippen LogP contribution in [0.1, 0.15) is 30.7 Å². The number of nitriles is 1. The van der Waals surface area contributed by atoms with Crippen molar-refractivity contribution in [3.63, 3.8) is 0 Å². The van der Waals surface area contributed by atoms with Crippen molar-refractivity contribution in [1.82, 2.24) is 10.2 Å². The summed E-state index contributed by atoms with van der Waals surface area (Å²) in [6, 6.07) is 2.25. The number of hydrogen-bond acceptors (Lipinski definition) is 5. The fraction of sp³-hybridized carbons (Fsp3) is 0.583. The summed E-state index contributed by atoms with van der Waals surface area (Å²) in [6.45, 7) is 4.72. The smallest absolute Gasteiger partial charge is 0.137 e. The molecule has 0 spiro atoms. The van der Waals surface area contributed by atoms with Crippen LogP contribution in [0.5, 0.6) is 0 Å². The molecule has 0 aromatic carbocycles. The highest BCUT2D eigenvalue weighted by atomic mass is 32.2. The molecule has 0 saturated heterocycles. The molecule has 0 radical (unpaired) electrons. The molecular weight excluding hydrogens is 234 g/mol. The Morgan fingerprint density at radius 2 is 2.06 bits per heavy atom. The minimum absolute atomic E-state index is 0.647. The monoisotopic (exact) mass is 251 g/mol. The molecule has 1 aromatic rings. The summed E-state index contributed by atoms with van der Waals surface area (Å²) in [5.74, 6) is 0.786. The Hall–Kier alpha value is -1.12. The van der Waals surface area contributed by atoms with E-state index in [0.717, 1.165) is 34.9 Å². The molecule has 1 rings (SSSR count). The van der Waals surface area contributed by atoms with Gasteiger partial charge in [-0.2, -0.15) is 10.4 Å². The third-order valence-electron chi connectivity index (χ3n) is 2.45. The van der Waals surface area contributed by atoms with Gasteiger partial charge in [0.05, 0.1) is 17.9 Å². The number of nitrogens with zero attached hydrogens (tertiary/aromatic N) is 3. The van der Waals surface area contributed by atoms with Crippen LogP contribution in [0, 0.1) is 11.3 Å². The Morgan fingerprint density at radius 3 is 2.59 bits per heavy atom. The lowest BCUT2D eigenvalue weighted by Crippen LogP contribution is -2.05. The largest absolute Gasteiger partial charge is 0.384 e. The lowest BCUT2D eigenvalue weighted by atomic mass is 10.1. The summed E-state index contributed by atoms with van der Waals surface area (Å²) in [6.07, 6.45) is 1.63. The maximum Gasteiger partial charge on any atom is 0.137 e. The second-order valence-corrected chi connectivity index (χ2v) is 4.55. The molecule has 0 atom stereocenters. The van der Waals surface area contributed by atoms with Crippen LogP contribution in [0.3, 0.4) is 0 Å². The first-order chi connectivity index (χ1) is 8.28. The zero-order valence-corrected chi connectivity index (χ0v) is 11.3. The molecule has 0 N–H and O–H groups in total. The van der Waals surface area contributed by atoms with E-state index in [0.29, 0.717) is 12.2 Å². The average Bonchev–Trinajstić information content (AvgIpc) is 2.38. The summed E-state index contributed by atoms with van der Waals surface area (Å²) in [4.78, 5) is 0. The quantitative estimate of drug-likeness (QED) is 0.573. The van der Waals surface area contributed by atoms with Gasteiger partial charge in [-0.25, -0.2) is 0 Å². The van der Waals surface area contributed by atoms with Crippen molar-refractivity contribution >= 4 is 11.8 Å². The Morgan fingerprint density at radius 1 is 1.29 bits per heavy atom. The normalized spacial score (nSPS) is 10.2. The lowest BCUT2D eigenvalue weighted by Gasteiger charge is -2.09. The molecule has 0 saturated carbocycles. The van der Waals surface area contributed by atoms with E-state index in [4.69, 9.17) is 4.74 Å². The Bertz CT molecular complexity index is 415. The maximum absolute atomic E-state index is 9.24. The number of methoxy groups -OCH3 is 1. The van der Waals surface area contributed by atoms with E-state index in [2.05, 4.69) is 16.3 Å². The SMILES string of the molecule is CCc1nnc(SCCOC)c(C#N)c1CC. The van der Waals surface area contributed by atoms with Gasteiger partial charge in [-0.05, 0) is 18.4 Å². The average molecular weight is 251 g/mol. The highest BCUT2D eigenvalue weighted by Gasteiger charge is 2.14. The third kappa shape index (κ3) is 3.42. The highest BCUT2D eigenvalue weighted by molar-refractivity contribution is 7.99. The van der Waals surface area contributed by atoms with E-state index in [1.807, 2.05) is 13.8 Å². The number of rotatable bonds is 6. The van der Waals surface area contributed by atoms with E-state index in [1.165, 1.54) is 11.8 Å². The molecule has 0 fully saturated rings. The zero-order valence-electron chi connectivity index (χ0n) is 10.5. The van der Waals surface area contributed by atoms with E-state index < -0.39 is 0 Å².